The van der Waals surface area contributed by atoms with E-state index < -0.39 is 0 Å². The summed E-state index contributed by atoms with van der Waals surface area (Å²) in [6.07, 6.45) is 1.05. The lowest BCUT2D eigenvalue weighted by molar-refractivity contribution is -0.120. The highest BCUT2D eigenvalue weighted by molar-refractivity contribution is 7.80. The van der Waals surface area contributed by atoms with E-state index in [2.05, 4.69) is 17.9 Å². The Morgan fingerprint density at radius 1 is 1.50 bits per heavy atom. The largest absolute Gasteiger partial charge is 0.482 e. The molecule has 98 valence electrons. The zero-order valence-electron chi connectivity index (χ0n) is 10.5. The zero-order valence-corrected chi connectivity index (χ0v) is 11.4. The Morgan fingerprint density at radius 2 is 2.33 bits per heavy atom. The second-order valence-electron chi connectivity index (χ2n) is 4.30. The molecule has 4 nitrogen and oxygen atoms in total. The van der Waals surface area contributed by atoms with Gasteiger partial charge in [-0.05, 0) is 36.4 Å². The molecular weight excluding hydrogens is 248 g/mol. The van der Waals surface area contributed by atoms with Crippen LogP contribution in [0.2, 0.25) is 0 Å². The Hall–Kier alpha value is -1.20. The smallest absolute Gasteiger partial charge is 0.264 e. The first-order chi connectivity index (χ1) is 8.72. The first-order valence-corrected chi connectivity index (χ1v) is 6.69. The topological polar surface area (TPSA) is 41.6 Å². The van der Waals surface area contributed by atoms with Crippen LogP contribution in [0.15, 0.2) is 18.2 Å². The number of anilines is 1. The van der Waals surface area contributed by atoms with Crippen molar-refractivity contribution in [3.05, 3.63) is 23.8 Å². The van der Waals surface area contributed by atoms with Crippen LogP contribution < -0.4 is 15.0 Å². The number of thiol groups is 1. The molecule has 0 bridgehead atoms. The number of hydrogen-bond donors (Lipinski definition) is 2. The molecule has 0 saturated heterocycles. The summed E-state index contributed by atoms with van der Waals surface area (Å²) in [7, 11) is 1.78. The lowest BCUT2D eigenvalue weighted by Gasteiger charge is -2.26. The molecule has 1 amide bonds. The molecule has 5 heteroatoms. The molecule has 18 heavy (non-hydrogen) atoms. The number of benzene rings is 1. The van der Waals surface area contributed by atoms with E-state index in [1.54, 1.807) is 11.9 Å². The van der Waals surface area contributed by atoms with Crippen LogP contribution in [0.1, 0.15) is 12.0 Å². The van der Waals surface area contributed by atoms with E-state index in [1.165, 1.54) is 0 Å². The first kappa shape index (κ1) is 13.2. The van der Waals surface area contributed by atoms with Gasteiger partial charge in [0, 0.05) is 13.6 Å². The molecule has 0 unspecified atom stereocenters. The SMILES string of the molecule is CN1C(=O)COc2ccc(CNCCCS)cc21. The fourth-order valence-electron chi connectivity index (χ4n) is 1.86. The number of ether oxygens (including phenoxy) is 1. The van der Waals surface area contributed by atoms with Crippen molar-refractivity contribution in [1.29, 1.82) is 0 Å². The average molecular weight is 266 g/mol. The minimum Gasteiger partial charge on any atom is -0.482 e. The van der Waals surface area contributed by atoms with Crippen LogP contribution in [0.4, 0.5) is 5.69 Å². The molecule has 1 aliphatic heterocycles. The van der Waals surface area contributed by atoms with Gasteiger partial charge in [-0.25, -0.2) is 0 Å². The molecule has 2 rings (SSSR count). The molecule has 0 aromatic heterocycles. The molecule has 1 aliphatic rings. The van der Waals surface area contributed by atoms with Crippen LogP contribution in [0.25, 0.3) is 0 Å². The van der Waals surface area contributed by atoms with Crippen molar-refractivity contribution in [2.24, 2.45) is 0 Å². The van der Waals surface area contributed by atoms with Crippen LogP contribution in [-0.4, -0.2) is 31.9 Å². The third-order valence-corrected chi connectivity index (χ3v) is 3.27. The predicted octanol–water partition coefficient (Wildman–Crippen LogP) is 1.45. The quantitative estimate of drug-likeness (QED) is 0.626. The van der Waals surface area contributed by atoms with Gasteiger partial charge in [-0.15, -0.1) is 0 Å². The molecule has 1 heterocycles. The molecule has 0 aliphatic carbocycles. The third-order valence-electron chi connectivity index (χ3n) is 2.95. The summed E-state index contributed by atoms with van der Waals surface area (Å²) in [6, 6.07) is 5.95. The minimum absolute atomic E-state index is 0.0114. The lowest BCUT2D eigenvalue weighted by atomic mass is 10.1. The maximum absolute atomic E-state index is 11.5. The second kappa shape index (κ2) is 6.11. The lowest BCUT2D eigenvalue weighted by Crippen LogP contribution is -2.35. The summed E-state index contributed by atoms with van der Waals surface area (Å²) in [6.45, 7) is 1.87. The fraction of sp³-hybridized carbons (Fsp3) is 0.462. The highest BCUT2D eigenvalue weighted by Crippen LogP contribution is 2.31. The maximum atomic E-state index is 11.5. The second-order valence-corrected chi connectivity index (χ2v) is 4.74. The van der Waals surface area contributed by atoms with Gasteiger partial charge in [-0.2, -0.15) is 12.6 Å². The van der Waals surface area contributed by atoms with Gasteiger partial charge in [0.1, 0.15) is 5.75 Å². The number of fused-ring (bicyclic) bond motifs is 1. The molecule has 0 fully saturated rings. The van der Waals surface area contributed by atoms with E-state index in [0.29, 0.717) is 0 Å². The van der Waals surface area contributed by atoms with Crippen molar-refractivity contribution in [2.45, 2.75) is 13.0 Å². The summed E-state index contributed by atoms with van der Waals surface area (Å²) in [5, 5.41) is 3.34. The van der Waals surface area contributed by atoms with Crippen molar-refractivity contribution in [1.82, 2.24) is 5.32 Å². The van der Waals surface area contributed by atoms with Crippen LogP contribution in [0, 0.1) is 0 Å². The van der Waals surface area contributed by atoms with Gasteiger partial charge in [0.25, 0.3) is 5.91 Å². The monoisotopic (exact) mass is 266 g/mol. The Labute approximate surface area is 113 Å². The summed E-state index contributed by atoms with van der Waals surface area (Å²) in [5.74, 6) is 1.65. The minimum atomic E-state index is -0.0114. The van der Waals surface area contributed by atoms with E-state index in [0.717, 1.165) is 42.3 Å². The fourth-order valence-corrected chi connectivity index (χ4v) is 2.02. The summed E-state index contributed by atoms with van der Waals surface area (Å²) < 4.78 is 5.38. The molecule has 0 spiro atoms. The molecule has 0 atom stereocenters. The average Bonchev–Trinajstić information content (AvgIpc) is 2.39. The van der Waals surface area contributed by atoms with Crippen molar-refractivity contribution >= 4 is 24.2 Å². The van der Waals surface area contributed by atoms with Gasteiger partial charge >= 0.3 is 0 Å². The Kier molecular flexibility index (Phi) is 4.49. The van der Waals surface area contributed by atoms with Crippen LogP contribution in [0.5, 0.6) is 5.75 Å². The van der Waals surface area contributed by atoms with Crippen molar-refractivity contribution < 1.29 is 9.53 Å². The van der Waals surface area contributed by atoms with Crippen molar-refractivity contribution in [3.8, 4) is 5.75 Å². The molecular formula is C13H18N2O2S. The number of likely N-dealkylation sites (N-methyl/N-ethyl adjacent to an activating group) is 1. The van der Waals surface area contributed by atoms with Gasteiger partial charge in [0.15, 0.2) is 6.61 Å². The molecule has 0 radical (unpaired) electrons. The van der Waals surface area contributed by atoms with Gasteiger partial charge in [-0.1, -0.05) is 6.07 Å². The van der Waals surface area contributed by atoms with Gasteiger partial charge in [0.2, 0.25) is 0 Å². The van der Waals surface area contributed by atoms with E-state index in [9.17, 15) is 4.79 Å². The number of amides is 1. The van der Waals surface area contributed by atoms with Gasteiger partial charge < -0.3 is 15.0 Å². The van der Waals surface area contributed by atoms with Gasteiger partial charge in [0.05, 0.1) is 5.69 Å². The Morgan fingerprint density at radius 3 is 3.11 bits per heavy atom. The standard InChI is InChI=1S/C13H18N2O2S/c1-15-11-7-10(8-14-5-2-6-18)3-4-12(11)17-9-13(15)16/h3-4,7,14,18H,2,5-6,8-9H2,1H3. The van der Waals surface area contributed by atoms with Crippen LogP contribution >= 0.6 is 12.6 Å². The highest BCUT2D eigenvalue weighted by atomic mass is 32.1. The predicted molar refractivity (Wildman–Crippen MR) is 75.5 cm³/mol. The normalized spacial score (nSPS) is 14.3. The molecule has 0 saturated carbocycles. The Balaban J connectivity index is 2.04. The first-order valence-electron chi connectivity index (χ1n) is 6.06. The van der Waals surface area contributed by atoms with E-state index in [1.807, 2.05) is 18.2 Å². The highest BCUT2D eigenvalue weighted by Gasteiger charge is 2.21. The number of nitrogens with zero attached hydrogens (tertiary/aromatic N) is 1. The van der Waals surface area contributed by atoms with E-state index in [-0.39, 0.29) is 12.5 Å². The van der Waals surface area contributed by atoms with Crippen LogP contribution in [-0.2, 0) is 11.3 Å². The number of carbonyl (C=O) groups is 1. The molecule has 1 aromatic carbocycles. The Bertz CT molecular complexity index is 437. The summed E-state index contributed by atoms with van der Waals surface area (Å²) in [4.78, 5) is 13.2. The van der Waals surface area contributed by atoms with E-state index >= 15 is 0 Å². The maximum Gasteiger partial charge on any atom is 0.264 e. The van der Waals surface area contributed by atoms with Crippen molar-refractivity contribution in [2.75, 3.05) is 30.9 Å². The summed E-state index contributed by atoms with van der Waals surface area (Å²) in [5.41, 5.74) is 2.00. The van der Waals surface area contributed by atoms with Crippen LogP contribution in [0.3, 0.4) is 0 Å². The summed E-state index contributed by atoms with van der Waals surface area (Å²) >= 11 is 4.17. The van der Waals surface area contributed by atoms with Gasteiger partial charge in [-0.3, -0.25) is 4.79 Å². The number of nitrogens with one attached hydrogen (secondary N) is 1. The molecule has 1 N–H and O–H groups in total. The number of hydrogen-bond acceptors (Lipinski definition) is 4. The van der Waals surface area contributed by atoms with Crippen molar-refractivity contribution in [3.63, 3.8) is 0 Å². The zero-order chi connectivity index (χ0) is 13.0. The third kappa shape index (κ3) is 2.97. The number of rotatable bonds is 5. The molecule has 1 aromatic rings. The van der Waals surface area contributed by atoms with E-state index in [4.69, 9.17) is 4.74 Å². The number of carbonyl (C=O) groups excluding carboxylic acids is 1.